The van der Waals surface area contributed by atoms with Crippen molar-refractivity contribution in [2.45, 2.75) is 19.9 Å². The van der Waals surface area contributed by atoms with Gasteiger partial charge in [-0.1, -0.05) is 0 Å². The summed E-state index contributed by atoms with van der Waals surface area (Å²) in [4.78, 5) is 26.9. The number of likely N-dealkylation sites (N-methyl/N-ethyl adjacent to an activating group) is 1. The number of nitrogens with zero attached hydrogens (tertiary/aromatic N) is 1. The Labute approximate surface area is 106 Å². The molecular weight excluding hydrogens is 234 g/mol. The molecule has 1 amide bonds. The van der Waals surface area contributed by atoms with E-state index in [0.29, 0.717) is 17.9 Å². The summed E-state index contributed by atoms with van der Waals surface area (Å²) >= 11 is 0. The van der Waals surface area contributed by atoms with Gasteiger partial charge in [0.15, 0.2) is 0 Å². The summed E-state index contributed by atoms with van der Waals surface area (Å²) in [5.74, 6) is -0.106. The van der Waals surface area contributed by atoms with Crippen LogP contribution in [0.25, 0.3) is 0 Å². The molecule has 2 N–H and O–H groups in total. The fourth-order valence-electron chi connectivity index (χ4n) is 1.37. The van der Waals surface area contributed by atoms with Crippen LogP contribution in [0.1, 0.15) is 24.2 Å². The summed E-state index contributed by atoms with van der Waals surface area (Å²) in [5, 5.41) is 5.61. The normalized spacial score (nSPS) is 11.5. The van der Waals surface area contributed by atoms with Crippen LogP contribution in [0.15, 0.2) is 18.3 Å². The van der Waals surface area contributed by atoms with E-state index in [9.17, 15) is 9.59 Å². The Bertz CT molecular complexity index is 434. The number of pyridine rings is 1. The first-order valence-electron chi connectivity index (χ1n) is 5.67. The lowest BCUT2D eigenvalue weighted by atomic mass is 10.2. The van der Waals surface area contributed by atoms with Crippen molar-refractivity contribution in [3.63, 3.8) is 0 Å². The number of hydrogen-bond donors (Lipinski definition) is 2. The summed E-state index contributed by atoms with van der Waals surface area (Å²) in [6.07, 6.45) is 1.49. The first-order valence-corrected chi connectivity index (χ1v) is 5.67. The predicted molar refractivity (Wildman–Crippen MR) is 67.3 cm³/mol. The molecule has 18 heavy (non-hydrogen) atoms. The van der Waals surface area contributed by atoms with Gasteiger partial charge in [0.25, 0.3) is 0 Å². The second kappa shape index (κ2) is 6.58. The van der Waals surface area contributed by atoms with Crippen LogP contribution in [0.4, 0.5) is 5.82 Å². The van der Waals surface area contributed by atoms with Crippen molar-refractivity contribution in [3.05, 3.63) is 23.9 Å². The van der Waals surface area contributed by atoms with E-state index in [1.54, 1.807) is 19.1 Å². The molecule has 1 rings (SSSR count). The van der Waals surface area contributed by atoms with Gasteiger partial charge in [0.2, 0.25) is 5.91 Å². The largest absolute Gasteiger partial charge is 0.465 e. The van der Waals surface area contributed by atoms with Crippen molar-refractivity contribution in [2.75, 3.05) is 19.0 Å². The number of amides is 1. The van der Waals surface area contributed by atoms with Crippen LogP contribution in [0, 0.1) is 0 Å². The summed E-state index contributed by atoms with van der Waals surface area (Å²) in [6, 6.07) is 2.67. The fourth-order valence-corrected chi connectivity index (χ4v) is 1.37. The van der Waals surface area contributed by atoms with E-state index in [0.717, 1.165) is 0 Å². The third kappa shape index (κ3) is 3.73. The van der Waals surface area contributed by atoms with Gasteiger partial charge in [-0.05, 0) is 26.0 Å². The molecule has 0 radical (unpaired) electrons. The Morgan fingerprint density at radius 3 is 2.83 bits per heavy atom. The van der Waals surface area contributed by atoms with E-state index in [1.807, 2.05) is 6.92 Å². The monoisotopic (exact) mass is 251 g/mol. The van der Waals surface area contributed by atoms with Gasteiger partial charge in [-0.25, -0.2) is 9.78 Å². The molecule has 98 valence electrons. The zero-order valence-electron chi connectivity index (χ0n) is 10.7. The second-order valence-electron chi connectivity index (χ2n) is 3.68. The lowest BCUT2D eigenvalue weighted by Crippen LogP contribution is -2.37. The smallest absolute Gasteiger partial charge is 0.338 e. The molecule has 1 heterocycles. The van der Waals surface area contributed by atoms with Gasteiger partial charge in [-0.2, -0.15) is 0 Å². The quantitative estimate of drug-likeness (QED) is 0.757. The highest BCUT2D eigenvalue weighted by Crippen LogP contribution is 2.09. The molecule has 1 aromatic heterocycles. The maximum atomic E-state index is 11.5. The minimum atomic E-state index is -0.439. The Morgan fingerprint density at radius 1 is 1.50 bits per heavy atom. The number of carbonyl (C=O) groups is 2. The molecule has 0 aliphatic rings. The Hall–Kier alpha value is -2.11. The minimum Gasteiger partial charge on any atom is -0.465 e. The third-order valence-corrected chi connectivity index (χ3v) is 2.29. The highest BCUT2D eigenvalue weighted by molar-refractivity contribution is 5.90. The molecule has 0 saturated heterocycles. The van der Waals surface area contributed by atoms with Gasteiger partial charge >= 0.3 is 5.97 Å². The number of aromatic nitrogens is 1. The standard InChI is InChI=1S/C12H17N3O3/c1-4-13-11(16)8(2)15-10-7-9(5-6-14-10)12(17)18-3/h5-8H,4H2,1-3H3,(H,13,16)(H,14,15). The van der Waals surface area contributed by atoms with Crippen LogP contribution < -0.4 is 10.6 Å². The molecule has 0 bridgehead atoms. The third-order valence-electron chi connectivity index (χ3n) is 2.29. The van der Waals surface area contributed by atoms with Gasteiger partial charge in [0.1, 0.15) is 11.9 Å². The van der Waals surface area contributed by atoms with Gasteiger partial charge < -0.3 is 15.4 Å². The Balaban J connectivity index is 2.73. The van der Waals surface area contributed by atoms with Gasteiger partial charge in [-0.15, -0.1) is 0 Å². The molecular formula is C12H17N3O3. The predicted octanol–water partition coefficient (Wildman–Crippen LogP) is 0.805. The first kappa shape index (κ1) is 14.0. The molecule has 1 unspecified atom stereocenters. The Morgan fingerprint density at radius 2 is 2.22 bits per heavy atom. The van der Waals surface area contributed by atoms with Crippen molar-refractivity contribution >= 4 is 17.7 Å². The summed E-state index contributed by atoms with van der Waals surface area (Å²) in [6.45, 7) is 4.14. The SMILES string of the molecule is CCNC(=O)C(C)Nc1cc(C(=O)OC)ccn1. The molecule has 0 saturated carbocycles. The average Bonchev–Trinajstić information content (AvgIpc) is 2.38. The van der Waals surface area contributed by atoms with E-state index >= 15 is 0 Å². The van der Waals surface area contributed by atoms with E-state index < -0.39 is 12.0 Å². The minimum absolute atomic E-state index is 0.122. The molecule has 0 aliphatic heterocycles. The van der Waals surface area contributed by atoms with Crippen LogP contribution in [0.2, 0.25) is 0 Å². The fraction of sp³-hybridized carbons (Fsp3) is 0.417. The molecule has 6 heteroatoms. The molecule has 0 aliphatic carbocycles. The van der Waals surface area contributed by atoms with Crippen LogP contribution in [0.5, 0.6) is 0 Å². The van der Waals surface area contributed by atoms with E-state index in [4.69, 9.17) is 0 Å². The number of carbonyl (C=O) groups excluding carboxylic acids is 2. The highest BCUT2D eigenvalue weighted by atomic mass is 16.5. The molecule has 0 aromatic carbocycles. The summed E-state index contributed by atoms with van der Waals surface area (Å²) in [5.41, 5.74) is 0.387. The molecule has 1 aromatic rings. The number of hydrogen-bond acceptors (Lipinski definition) is 5. The van der Waals surface area contributed by atoms with Crippen LogP contribution in [-0.4, -0.2) is 36.6 Å². The van der Waals surface area contributed by atoms with Gasteiger partial charge in [0, 0.05) is 12.7 Å². The second-order valence-corrected chi connectivity index (χ2v) is 3.68. The summed E-state index contributed by atoms with van der Waals surface area (Å²) in [7, 11) is 1.31. The molecule has 1 atom stereocenters. The average molecular weight is 251 g/mol. The van der Waals surface area contributed by atoms with Crippen LogP contribution >= 0.6 is 0 Å². The number of esters is 1. The zero-order chi connectivity index (χ0) is 13.5. The van der Waals surface area contributed by atoms with E-state index in [2.05, 4.69) is 20.4 Å². The zero-order valence-corrected chi connectivity index (χ0v) is 10.7. The van der Waals surface area contributed by atoms with E-state index in [-0.39, 0.29) is 5.91 Å². The number of ether oxygens (including phenoxy) is 1. The lowest BCUT2D eigenvalue weighted by Gasteiger charge is -2.14. The topological polar surface area (TPSA) is 80.3 Å². The van der Waals surface area contributed by atoms with Crippen molar-refractivity contribution < 1.29 is 14.3 Å². The number of nitrogens with one attached hydrogen (secondary N) is 2. The van der Waals surface area contributed by atoms with Crippen molar-refractivity contribution in [1.29, 1.82) is 0 Å². The maximum Gasteiger partial charge on any atom is 0.338 e. The van der Waals surface area contributed by atoms with E-state index in [1.165, 1.54) is 13.3 Å². The molecule has 0 fully saturated rings. The number of rotatable bonds is 5. The number of anilines is 1. The van der Waals surface area contributed by atoms with Crippen molar-refractivity contribution in [2.24, 2.45) is 0 Å². The Kier molecular flexibility index (Phi) is 5.10. The first-order chi connectivity index (χ1) is 8.58. The molecule has 6 nitrogen and oxygen atoms in total. The molecule has 0 spiro atoms. The lowest BCUT2D eigenvalue weighted by molar-refractivity contribution is -0.121. The van der Waals surface area contributed by atoms with Crippen molar-refractivity contribution in [1.82, 2.24) is 10.3 Å². The van der Waals surface area contributed by atoms with Crippen LogP contribution in [0.3, 0.4) is 0 Å². The van der Waals surface area contributed by atoms with Crippen molar-refractivity contribution in [3.8, 4) is 0 Å². The highest BCUT2D eigenvalue weighted by Gasteiger charge is 2.13. The van der Waals surface area contributed by atoms with Crippen LogP contribution in [-0.2, 0) is 9.53 Å². The summed E-state index contributed by atoms with van der Waals surface area (Å²) < 4.78 is 4.61. The number of methoxy groups -OCH3 is 1. The maximum absolute atomic E-state index is 11.5. The van der Waals surface area contributed by atoms with Gasteiger partial charge in [0.05, 0.1) is 12.7 Å². The van der Waals surface area contributed by atoms with Gasteiger partial charge in [-0.3, -0.25) is 4.79 Å².